The molecule has 34 heavy (non-hydrogen) atoms. The molecule has 0 spiro atoms. The Balaban J connectivity index is 1.58. The van der Waals surface area contributed by atoms with E-state index in [0.717, 1.165) is 12.0 Å². The lowest BCUT2D eigenvalue weighted by Crippen LogP contribution is -2.52. The number of carbonyl (C=O) groups is 2. The molecule has 1 fully saturated rings. The highest BCUT2D eigenvalue weighted by Gasteiger charge is 2.39. The molecule has 0 bridgehead atoms. The number of benzene rings is 2. The third-order valence-corrected chi connectivity index (χ3v) is 8.23. The van der Waals surface area contributed by atoms with E-state index in [0.29, 0.717) is 56.2 Å². The van der Waals surface area contributed by atoms with Gasteiger partial charge in [-0.25, -0.2) is 8.42 Å². The number of amides is 1. The molecule has 2 aliphatic heterocycles. The maximum atomic E-state index is 13.6. The van der Waals surface area contributed by atoms with Gasteiger partial charge in [-0.1, -0.05) is 30.7 Å². The van der Waals surface area contributed by atoms with Crippen LogP contribution in [0, 0.1) is 0 Å². The van der Waals surface area contributed by atoms with E-state index in [-0.39, 0.29) is 23.1 Å². The summed E-state index contributed by atoms with van der Waals surface area (Å²) in [6, 6.07) is 10.7. The van der Waals surface area contributed by atoms with Crippen molar-refractivity contribution in [2.45, 2.75) is 50.6 Å². The molecule has 1 amide bonds. The summed E-state index contributed by atoms with van der Waals surface area (Å²) < 4.78 is 39.7. The molecule has 182 valence electrons. The van der Waals surface area contributed by atoms with Gasteiger partial charge >= 0.3 is 0 Å². The molecule has 0 aliphatic carbocycles. The molecule has 2 aliphatic rings. The van der Waals surface area contributed by atoms with E-state index in [4.69, 9.17) is 9.47 Å². The summed E-state index contributed by atoms with van der Waals surface area (Å²) in [4.78, 5) is 27.0. The van der Waals surface area contributed by atoms with Crippen molar-refractivity contribution in [3.8, 4) is 11.5 Å². The van der Waals surface area contributed by atoms with Crippen LogP contribution in [0.25, 0.3) is 0 Å². The van der Waals surface area contributed by atoms with Crippen LogP contribution in [0.1, 0.15) is 49.0 Å². The zero-order valence-corrected chi connectivity index (χ0v) is 20.3. The molecular formula is C25H30N2O6S. The lowest BCUT2D eigenvalue weighted by atomic mass is 10.0. The third kappa shape index (κ3) is 4.81. The zero-order valence-electron chi connectivity index (χ0n) is 19.5. The predicted octanol–water partition coefficient (Wildman–Crippen LogP) is 3.25. The van der Waals surface area contributed by atoms with Crippen LogP contribution < -0.4 is 9.47 Å². The maximum absolute atomic E-state index is 13.6. The van der Waals surface area contributed by atoms with Crippen molar-refractivity contribution >= 4 is 21.7 Å². The van der Waals surface area contributed by atoms with E-state index in [1.807, 2.05) is 25.1 Å². The quantitative estimate of drug-likeness (QED) is 0.558. The lowest BCUT2D eigenvalue weighted by Gasteiger charge is -2.37. The molecule has 2 heterocycles. The van der Waals surface area contributed by atoms with Crippen LogP contribution in [-0.4, -0.2) is 61.7 Å². The molecule has 0 saturated carbocycles. The molecule has 0 radical (unpaired) electrons. The van der Waals surface area contributed by atoms with Crippen LogP contribution in [0.3, 0.4) is 0 Å². The van der Waals surface area contributed by atoms with E-state index in [9.17, 15) is 18.0 Å². The van der Waals surface area contributed by atoms with E-state index in [2.05, 4.69) is 0 Å². The predicted molar refractivity (Wildman–Crippen MR) is 127 cm³/mol. The van der Waals surface area contributed by atoms with Crippen LogP contribution in [0.4, 0.5) is 0 Å². The second-order valence-corrected chi connectivity index (χ2v) is 10.4. The number of rotatable bonds is 7. The van der Waals surface area contributed by atoms with Crippen molar-refractivity contribution in [2.75, 3.05) is 26.3 Å². The number of piperidine rings is 1. The van der Waals surface area contributed by atoms with Gasteiger partial charge in [-0.3, -0.25) is 9.59 Å². The monoisotopic (exact) mass is 486 g/mol. The van der Waals surface area contributed by atoms with Crippen molar-refractivity contribution in [2.24, 2.45) is 0 Å². The fraction of sp³-hybridized carbons (Fsp3) is 0.440. The van der Waals surface area contributed by atoms with Crippen molar-refractivity contribution in [1.29, 1.82) is 0 Å². The van der Waals surface area contributed by atoms with Gasteiger partial charge in [0.1, 0.15) is 19.3 Å². The SMILES string of the molecule is CCN(Cc1cccc2c1OCCO2)C(=O)C1CCCCN1S(=O)(=O)c1ccc(C(C)=O)cc1. The summed E-state index contributed by atoms with van der Waals surface area (Å²) in [6.45, 7) is 5.26. The fourth-order valence-corrected chi connectivity index (χ4v) is 6.11. The fourth-order valence-electron chi connectivity index (χ4n) is 4.46. The number of Topliss-reactive ketones (excluding diaryl/α,β-unsaturated/α-hetero) is 1. The molecule has 2 aromatic carbocycles. The van der Waals surface area contributed by atoms with Gasteiger partial charge in [0.25, 0.3) is 0 Å². The van der Waals surface area contributed by atoms with Crippen LogP contribution >= 0.6 is 0 Å². The minimum atomic E-state index is -3.90. The number of carbonyl (C=O) groups excluding carboxylic acids is 2. The van der Waals surface area contributed by atoms with E-state index in [1.165, 1.54) is 35.5 Å². The summed E-state index contributed by atoms with van der Waals surface area (Å²) in [7, 11) is -3.90. The van der Waals surface area contributed by atoms with Crippen molar-refractivity contribution in [3.63, 3.8) is 0 Å². The third-order valence-electron chi connectivity index (χ3n) is 6.31. The molecule has 8 nitrogen and oxygen atoms in total. The van der Waals surface area contributed by atoms with Crippen LogP contribution in [-0.2, 0) is 21.4 Å². The molecule has 0 N–H and O–H groups in total. The zero-order chi connectivity index (χ0) is 24.3. The first kappa shape index (κ1) is 24.2. The second kappa shape index (κ2) is 10.1. The van der Waals surface area contributed by atoms with E-state index < -0.39 is 16.1 Å². The summed E-state index contributed by atoms with van der Waals surface area (Å²) in [5.74, 6) is 0.938. The average Bonchev–Trinajstić information content (AvgIpc) is 2.87. The van der Waals surface area contributed by atoms with Crippen LogP contribution in [0.2, 0.25) is 0 Å². The maximum Gasteiger partial charge on any atom is 0.243 e. The van der Waals surface area contributed by atoms with E-state index >= 15 is 0 Å². The minimum absolute atomic E-state index is 0.0860. The highest BCUT2D eigenvalue weighted by molar-refractivity contribution is 7.89. The molecule has 4 rings (SSSR count). The van der Waals surface area contributed by atoms with Gasteiger partial charge in [0.2, 0.25) is 15.9 Å². The van der Waals surface area contributed by atoms with Gasteiger partial charge in [-0.2, -0.15) is 4.31 Å². The molecule has 1 unspecified atom stereocenters. The van der Waals surface area contributed by atoms with Gasteiger partial charge in [-0.05, 0) is 44.9 Å². The Morgan fingerprint density at radius 3 is 2.50 bits per heavy atom. The topological polar surface area (TPSA) is 93.2 Å². The van der Waals surface area contributed by atoms with Gasteiger partial charge in [0.15, 0.2) is 17.3 Å². The van der Waals surface area contributed by atoms with Crippen molar-refractivity contribution < 1.29 is 27.5 Å². The first-order valence-corrected chi connectivity index (χ1v) is 13.1. The number of para-hydroxylation sites is 1. The Bertz CT molecular complexity index is 1160. The largest absolute Gasteiger partial charge is 0.486 e. The van der Waals surface area contributed by atoms with Gasteiger partial charge in [0.05, 0.1) is 4.90 Å². The number of ketones is 1. The Morgan fingerprint density at radius 2 is 1.79 bits per heavy atom. The number of nitrogens with zero attached hydrogens (tertiary/aromatic N) is 2. The molecule has 9 heteroatoms. The molecule has 1 saturated heterocycles. The Morgan fingerprint density at radius 1 is 1.06 bits per heavy atom. The normalized spacial score (nSPS) is 18.4. The number of fused-ring (bicyclic) bond motifs is 1. The smallest absolute Gasteiger partial charge is 0.243 e. The number of likely N-dealkylation sites (N-methyl/N-ethyl adjacent to an activating group) is 1. The minimum Gasteiger partial charge on any atom is -0.486 e. The first-order valence-electron chi connectivity index (χ1n) is 11.6. The van der Waals surface area contributed by atoms with Gasteiger partial charge in [-0.15, -0.1) is 0 Å². The van der Waals surface area contributed by atoms with Gasteiger partial charge < -0.3 is 14.4 Å². The Kier molecular flexibility index (Phi) is 7.23. The highest BCUT2D eigenvalue weighted by Crippen LogP contribution is 2.35. The van der Waals surface area contributed by atoms with Crippen molar-refractivity contribution in [1.82, 2.24) is 9.21 Å². The number of hydrogen-bond donors (Lipinski definition) is 0. The van der Waals surface area contributed by atoms with Crippen LogP contribution in [0.15, 0.2) is 47.4 Å². The summed E-state index contributed by atoms with van der Waals surface area (Å²) in [5.41, 5.74) is 1.28. The van der Waals surface area contributed by atoms with Crippen LogP contribution in [0.5, 0.6) is 11.5 Å². The first-order chi connectivity index (χ1) is 16.3. The summed E-state index contributed by atoms with van der Waals surface area (Å²) >= 11 is 0. The molecule has 0 aromatic heterocycles. The van der Waals surface area contributed by atoms with Crippen molar-refractivity contribution in [3.05, 3.63) is 53.6 Å². The summed E-state index contributed by atoms with van der Waals surface area (Å²) in [5, 5.41) is 0. The number of sulfonamides is 1. The highest BCUT2D eigenvalue weighted by atomic mass is 32.2. The Hall–Kier alpha value is -2.91. The second-order valence-electron chi connectivity index (χ2n) is 8.50. The van der Waals surface area contributed by atoms with Gasteiger partial charge in [0, 0.05) is 30.8 Å². The standard InChI is InChI=1S/C25H30N2O6S/c1-3-26(17-20-7-6-9-23-24(20)33-16-15-32-23)25(29)22-8-4-5-14-27(22)34(30,31)21-12-10-19(11-13-21)18(2)28/h6-7,9-13,22H,3-5,8,14-17H2,1-2H3. The summed E-state index contributed by atoms with van der Waals surface area (Å²) in [6.07, 6.45) is 1.94. The lowest BCUT2D eigenvalue weighted by molar-refractivity contribution is -0.136. The van der Waals surface area contributed by atoms with E-state index in [1.54, 1.807) is 4.90 Å². The molecule has 1 atom stereocenters. The Labute approximate surface area is 200 Å². The molecule has 2 aromatic rings. The number of hydrogen-bond acceptors (Lipinski definition) is 6. The molecular weight excluding hydrogens is 456 g/mol. The number of ether oxygens (including phenoxy) is 2. The average molecular weight is 487 g/mol.